The number of hydrogen-bond acceptors (Lipinski definition) is 7. The number of aromatic nitrogens is 9. The highest BCUT2D eigenvalue weighted by molar-refractivity contribution is 5.92. The van der Waals surface area contributed by atoms with Gasteiger partial charge in [-0.2, -0.15) is 5.10 Å². The van der Waals surface area contributed by atoms with Crippen molar-refractivity contribution in [1.82, 2.24) is 50.0 Å². The molecule has 1 aromatic carbocycles. The average molecular weight is 513 g/mol. The number of nitrogens with one attached hydrogen (secondary N) is 3. The summed E-state index contributed by atoms with van der Waals surface area (Å²) in [5.41, 5.74) is 9.63. The van der Waals surface area contributed by atoms with E-state index in [9.17, 15) is 0 Å². The van der Waals surface area contributed by atoms with Crippen molar-refractivity contribution in [2.45, 2.75) is 20.0 Å². The maximum absolute atomic E-state index is 4.96. The molecule has 0 saturated heterocycles. The van der Waals surface area contributed by atoms with Gasteiger partial charge in [0.1, 0.15) is 11.0 Å². The second kappa shape index (κ2) is 9.58. The molecule has 0 aliphatic rings. The van der Waals surface area contributed by atoms with Crippen LogP contribution in [0.2, 0.25) is 0 Å². The standard InChI is InChI=1S/C29H24N10/c1-18-16-39(17-33-18)25-15-32-14-24-26(25)36-29(35-24)28-27-23(37-38-28)8-7-22(34-27)21-9-20(12-31-13-21)11-30-10-19-5-3-2-4-6-19/h2-9,12-17,30H,10-11H2,1H3,(H,35,36)(H,37,38). The van der Waals surface area contributed by atoms with E-state index in [-0.39, 0.29) is 0 Å². The second-order valence-corrected chi connectivity index (χ2v) is 9.40. The number of hydrogen-bond donors (Lipinski definition) is 3. The monoisotopic (exact) mass is 512 g/mol. The number of benzene rings is 1. The zero-order valence-electron chi connectivity index (χ0n) is 21.1. The first-order valence-corrected chi connectivity index (χ1v) is 12.6. The molecule has 10 nitrogen and oxygen atoms in total. The van der Waals surface area contributed by atoms with E-state index in [4.69, 9.17) is 9.97 Å². The summed E-state index contributed by atoms with van der Waals surface area (Å²) < 4.78 is 1.92. The molecule has 7 rings (SSSR count). The fourth-order valence-corrected chi connectivity index (χ4v) is 4.67. The molecule has 6 heterocycles. The molecule has 0 amide bonds. The molecule has 0 spiro atoms. The fraction of sp³-hybridized carbons (Fsp3) is 0.103. The van der Waals surface area contributed by atoms with E-state index in [1.54, 1.807) is 18.7 Å². The number of imidazole rings is 2. The van der Waals surface area contributed by atoms with Crippen LogP contribution in [0.5, 0.6) is 0 Å². The van der Waals surface area contributed by atoms with Gasteiger partial charge < -0.3 is 14.9 Å². The highest BCUT2D eigenvalue weighted by Gasteiger charge is 2.17. The van der Waals surface area contributed by atoms with E-state index >= 15 is 0 Å². The summed E-state index contributed by atoms with van der Waals surface area (Å²) in [4.78, 5) is 26.4. The first kappa shape index (κ1) is 22.9. The largest absolute Gasteiger partial charge is 0.335 e. The van der Waals surface area contributed by atoms with Crippen LogP contribution >= 0.6 is 0 Å². The summed E-state index contributed by atoms with van der Waals surface area (Å²) in [6, 6.07) is 16.4. The number of aromatic amines is 2. The van der Waals surface area contributed by atoms with Gasteiger partial charge in [0.25, 0.3) is 0 Å². The molecule has 0 unspecified atom stereocenters. The predicted octanol–water partition coefficient (Wildman–Crippen LogP) is 4.74. The van der Waals surface area contributed by atoms with Gasteiger partial charge in [-0.3, -0.25) is 15.1 Å². The quantitative estimate of drug-likeness (QED) is 0.282. The molecule has 0 atom stereocenters. The van der Waals surface area contributed by atoms with E-state index < -0.39 is 0 Å². The van der Waals surface area contributed by atoms with Crippen molar-refractivity contribution in [3.05, 3.63) is 103 Å². The van der Waals surface area contributed by atoms with Crippen LogP contribution in [0, 0.1) is 6.92 Å². The Labute approximate surface area is 223 Å². The van der Waals surface area contributed by atoms with Gasteiger partial charge in [0, 0.05) is 37.2 Å². The molecule has 0 bridgehead atoms. The normalized spacial score (nSPS) is 11.5. The minimum Gasteiger partial charge on any atom is -0.335 e. The molecule has 7 aromatic rings. The number of H-pyrrole nitrogens is 2. The highest BCUT2D eigenvalue weighted by Crippen LogP contribution is 2.29. The van der Waals surface area contributed by atoms with E-state index in [1.165, 1.54) is 5.56 Å². The smallest absolute Gasteiger partial charge is 0.161 e. The lowest BCUT2D eigenvalue weighted by Crippen LogP contribution is -2.12. The number of rotatable bonds is 7. The van der Waals surface area contributed by atoms with Crippen molar-refractivity contribution in [3.63, 3.8) is 0 Å². The lowest BCUT2D eigenvalue weighted by molar-refractivity contribution is 0.691. The van der Waals surface area contributed by atoms with Crippen LogP contribution < -0.4 is 5.32 Å². The van der Waals surface area contributed by atoms with Crippen LogP contribution in [0.4, 0.5) is 0 Å². The minimum absolute atomic E-state index is 0.615. The van der Waals surface area contributed by atoms with Gasteiger partial charge in [0.2, 0.25) is 0 Å². The van der Waals surface area contributed by atoms with Gasteiger partial charge in [0.15, 0.2) is 11.5 Å². The molecule has 0 aliphatic heterocycles. The van der Waals surface area contributed by atoms with Gasteiger partial charge in [-0.1, -0.05) is 30.3 Å². The molecule has 6 aromatic heterocycles. The van der Waals surface area contributed by atoms with Crippen molar-refractivity contribution < 1.29 is 0 Å². The number of nitrogens with zero attached hydrogens (tertiary/aromatic N) is 7. The third-order valence-corrected chi connectivity index (χ3v) is 6.59. The van der Waals surface area contributed by atoms with E-state index in [2.05, 4.69) is 53.6 Å². The van der Waals surface area contributed by atoms with Gasteiger partial charge in [0.05, 0.1) is 46.8 Å². The Bertz CT molecular complexity index is 1920. The zero-order chi connectivity index (χ0) is 26.2. The first-order chi connectivity index (χ1) is 19.2. The lowest BCUT2D eigenvalue weighted by atomic mass is 10.1. The number of aryl methyl sites for hydroxylation is 1. The minimum atomic E-state index is 0.615. The summed E-state index contributed by atoms with van der Waals surface area (Å²) in [6.45, 7) is 3.45. The Morgan fingerprint density at radius 1 is 0.846 bits per heavy atom. The summed E-state index contributed by atoms with van der Waals surface area (Å²) in [7, 11) is 0. The van der Waals surface area contributed by atoms with Crippen LogP contribution in [-0.4, -0.2) is 44.7 Å². The van der Waals surface area contributed by atoms with Crippen molar-refractivity contribution >= 4 is 22.1 Å². The third-order valence-electron chi connectivity index (χ3n) is 6.59. The molecule has 0 saturated carbocycles. The first-order valence-electron chi connectivity index (χ1n) is 12.6. The second-order valence-electron chi connectivity index (χ2n) is 9.40. The van der Waals surface area contributed by atoms with Crippen LogP contribution in [-0.2, 0) is 13.1 Å². The maximum atomic E-state index is 4.96. The maximum Gasteiger partial charge on any atom is 0.161 e. The molecule has 0 radical (unpaired) electrons. The Morgan fingerprint density at radius 2 is 1.72 bits per heavy atom. The van der Waals surface area contributed by atoms with Gasteiger partial charge in [-0.05, 0) is 36.2 Å². The Kier molecular flexibility index (Phi) is 5.64. The molecule has 0 fully saturated rings. The van der Waals surface area contributed by atoms with Crippen molar-refractivity contribution in [1.29, 1.82) is 0 Å². The lowest BCUT2D eigenvalue weighted by Gasteiger charge is -2.07. The van der Waals surface area contributed by atoms with Gasteiger partial charge in [-0.25, -0.2) is 15.0 Å². The summed E-state index contributed by atoms with van der Waals surface area (Å²) in [6.07, 6.45) is 11.0. The van der Waals surface area contributed by atoms with E-state index in [1.807, 2.05) is 60.4 Å². The zero-order valence-corrected chi connectivity index (χ0v) is 21.1. The Hall–Kier alpha value is -5.22. The average Bonchev–Trinajstić information content (AvgIpc) is 3.71. The van der Waals surface area contributed by atoms with Gasteiger partial charge in [-0.15, -0.1) is 0 Å². The van der Waals surface area contributed by atoms with Crippen LogP contribution in [0.3, 0.4) is 0 Å². The van der Waals surface area contributed by atoms with E-state index in [0.717, 1.165) is 56.8 Å². The Balaban J connectivity index is 1.20. The number of pyridine rings is 3. The summed E-state index contributed by atoms with van der Waals surface area (Å²) >= 11 is 0. The van der Waals surface area contributed by atoms with Crippen LogP contribution in [0.1, 0.15) is 16.8 Å². The highest BCUT2D eigenvalue weighted by atomic mass is 15.2. The molecular weight excluding hydrogens is 488 g/mol. The molecule has 190 valence electrons. The van der Waals surface area contributed by atoms with Crippen LogP contribution in [0.25, 0.3) is 50.5 Å². The molecule has 3 N–H and O–H groups in total. The van der Waals surface area contributed by atoms with Crippen LogP contribution in [0.15, 0.2) is 85.8 Å². The molecular formula is C29H24N10. The summed E-state index contributed by atoms with van der Waals surface area (Å²) in [5, 5.41) is 11.1. The fourth-order valence-electron chi connectivity index (χ4n) is 4.67. The Morgan fingerprint density at radius 3 is 2.59 bits per heavy atom. The molecule has 39 heavy (non-hydrogen) atoms. The molecule has 10 heteroatoms. The van der Waals surface area contributed by atoms with Crippen molar-refractivity contribution in [3.8, 4) is 28.5 Å². The third kappa shape index (κ3) is 4.42. The van der Waals surface area contributed by atoms with Crippen molar-refractivity contribution in [2.24, 2.45) is 0 Å². The SMILES string of the molecule is Cc1cn(-c2cncc3[nH]c(-c4n[nH]c5ccc(-c6cncc(CNCc7ccccc7)c6)nc45)nc23)cn1. The number of fused-ring (bicyclic) bond motifs is 2. The predicted molar refractivity (Wildman–Crippen MR) is 149 cm³/mol. The van der Waals surface area contributed by atoms with Crippen molar-refractivity contribution in [2.75, 3.05) is 0 Å². The summed E-state index contributed by atoms with van der Waals surface area (Å²) in [5.74, 6) is 0.615. The molecule has 0 aliphatic carbocycles. The topological polar surface area (TPSA) is 126 Å². The van der Waals surface area contributed by atoms with Gasteiger partial charge >= 0.3 is 0 Å². The van der Waals surface area contributed by atoms with E-state index in [0.29, 0.717) is 18.1 Å².